The number of hydrogen-bond acceptors (Lipinski definition) is 3. The molecular weight excluding hydrogens is 342 g/mol. The summed E-state index contributed by atoms with van der Waals surface area (Å²) in [5, 5.41) is 12.9. The lowest BCUT2D eigenvalue weighted by molar-refractivity contribution is -0.116. The van der Waals surface area contributed by atoms with Crippen molar-refractivity contribution in [3.63, 3.8) is 0 Å². The molecule has 0 radical (unpaired) electrons. The van der Waals surface area contributed by atoms with Gasteiger partial charge in [-0.1, -0.05) is 48.5 Å². The van der Waals surface area contributed by atoms with Crippen LogP contribution in [0.5, 0.6) is 0 Å². The number of carbonyl (C=O) groups is 1. The third-order valence-corrected chi connectivity index (χ3v) is 4.71. The van der Waals surface area contributed by atoms with E-state index in [0.29, 0.717) is 11.4 Å². The average molecular weight is 362 g/mol. The fourth-order valence-corrected chi connectivity index (χ4v) is 2.98. The first-order chi connectivity index (χ1) is 11.6. The van der Waals surface area contributed by atoms with Crippen LogP contribution in [0.4, 0.5) is 0 Å². The maximum Gasteiger partial charge on any atom is 0.244 e. The molecular formula is C19H20ClNO2S. The molecule has 3 nitrogen and oxygen atoms in total. The molecule has 24 heavy (non-hydrogen) atoms. The number of nitrogens with one attached hydrogen (secondary N) is 1. The fourth-order valence-electron chi connectivity index (χ4n) is 1.93. The molecule has 0 aliphatic carbocycles. The maximum atomic E-state index is 11.8. The number of benzene rings is 2. The van der Waals surface area contributed by atoms with Crippen molar-refractivity contribution in [1.82, 2.24) is 5.32 Å². The first-order valence-corrected chi connectivity index (χ1v) is 8.94. The number of aliphatic hydroxyl groups excluding tert-OH is 1. The molecule has 1 atom stereocenters. The molecule has 2 aromatic rings. The van der Waals surface area contributed by atoms with Gasteiger partial charge in [-0.25, -0.2) is 0 Å². The summed E-state index contributed by atoms with van der Waals surface area (Å²) in [6.45, 7) is 2.14. The SMILES string of the molecule is CCC(O)CNC(=O)C=Cc1ccccc1Sc1ccc(Cl)cc1. The summed E-state index contributed by atoms with van der Waals surface area (Å²) in [6, 6.07) is 15.5. The molecule has 1 unspecified atom stereocenters. The molecule has 2 rings (SSSR count). The Labute approximate surface area is 151 Å². The summed E-state index contributed by atoms with van der Waals surface area (Å²) in [7, 11) is 0. The van der Waals surface area contributed by atoms with Gasteiger partial charge < -0.3 is 10.4 Å². The highest BCUT2D eigenvalue weighted by Gasteiger charge is 2.04. The highest BCUT2D eigenvalue weighted by atomic mass is 35.5. The normalized spacial score (nSPS) is 12.3. The molecule has 5 heteroatoms. The molecule has 0 saturated carbocycles. The van der Waals surface area contributed by atoms with Crippen LogP contribution < -0.4 is 5.32 Å². The average Bonchev–Trinajstić information content (AvgIpc) is 2.60. The van der Waals surface area contributed by atoms with Gasteiger partial charge in [0.2, 0.25) is 5.91 Å². The Balaban J connectivity index is 2.04. The van der Waals surface area contributed by atoms with E-state index in [0.717, 1.165) is 15.4 Å². The summed E-state index contributed by atoms with van der Waals surface area (Å²) >= 11 is 7.53. The van der Waals surface area contributed by atoms with Gasteiger partial charge in [-0.3, -0.25) is 4.79 Å². The van der Waals surface area contributed by atoms with Crippen molar-refractivity contribution in [3.05, 3.63) is 65.2 Å². The van der Waals surface area contributed by atoms with Gasteiger partial charge in [-0.05, 0) is 48.4 Å². The highest BCUT2D eigenvalue weighted by molar-refractivity contribution is 7.99. The van der Waals surface area contributed by atoms with E-state index in [2.05, 4.69) is 5.32 Å². The Bertz CT molecular complexity index is 701. The van der Waals surface area contributed by atoms with Crippen molar-refractivity contribution in [2.24, 2.45) is 0 Å². The molecule has 0 aromatic heterocycles. The van der Waals surface area contributed by atoms with Crippen LogP contribution in [-0.4, -0.2) is 23.7 Å². The minimum atomic E-state index is -0.505. The van der Waals surface area contributed by atoms with Crippen LogP contribution in [0.2, 0.25) is 5.02 Å². The molecule has 126 valence electrons. The molecule has 0 bridgehead atoms. The number of amides is 1. The minimum Gasteiger partial charge on any atom is -0.391 e. The number of aliphatic hydroxyl groups is 1. The zero-order valence-corrected chi connectivity index (χ0v) is 15.0. The van der Waals surface area contributed by atoms with Crippen molar-refractivity contribution in [2.45, 2.75) is 29.2 Å². The van der Waals surface area contributed by atoms with E-state index >= 15 is 0 Å². The standard InChI is InChI=1S/C19H20ClNO2S/c1-2-16(22)13-21-19(23)12-7-14-5-3-4-6-18(14)24-17-10-8-15(20)9-11-17/h3-12,16,22H,2,13H2,1H3,(H,21,23). The predicted molar refractivity (Wildman–Crippen MR) is 100 cm³/mol. The maximum absolute atomic E-state index is 11.8. The lowest BCUT2D eigenvalue weighted by atomic mass is 10.2. The monoisotopic (exact) mass is 361 g/mol. The summed E-state index contributed by atoms with van der Waals surface area (Å²) in [5.41, 5.74) is 0.962. The van der Waals surface area contributed by atoms with E-state index < -0.39 is 6.10 Å². The van der Waals surface area contributed by atoms with Crippen molar-refractivity contribution >= 4 is 35.3 Å². The Hall–Kier alpha value is -1.75. The second-order valence-corrected chi connectivity index (χ2v) is 6.79. The molecule has 0 heterocycles. The third kappa shape index (κ3) is 6.04. The first-order valence-electron chi connectivity index (χ1n) is 7.75. The Morgan fingerprint density at radius 3 is 2.67 bits per heavy atom. The summed E-state index contributed by atoms with van der Waals surface area (Å²) < 4.78 is 0. The molecule has 2 aromatic carbocycles. The molecule has 0 spiro atoms. The van der Waals surface area contributed by atoms with Gasteiger partial charge in [-0.2, -0.15) is 0 Å². The number of hydrogen-bond donors (Lipinski definition) is 2. The topological polar surface area (TPSA) is 49.3 Å². The summed E-state index contributed by atoms with van der Waals surface area (Å²) in [6.07, 6.45) is 3.38. The van der Waals surface area contributed by atoms with Crippen molar-refractivity contribution in [2.75, 3.05) is 6.54 Å². The van der Waals surface area contributed by atoms with Crippen LogP contribution in [0.3, 0.4) is 0 Å². The molecule has 0 aliphatic rings. The van der Waals surface area contributed by atoms with Crippen LogP contribution in [0.25, 0.3) is 6.08 Å². The second-order valence-electron chi connectivity index (χ2n) is 5.23. The van der Waals surface area contributed by atoms with Crippen LogP contribution in [0, 0.1) is 0 Å². The van der Waals surface area contributed by atoms with Gasteiger partial charge in [0.25, 0.3) is 0 Å². The van der Waals surface area contributed by atoms with E-state index in [9.17, 15) is 9.90 Å². The summed E-state index contributed by atoms with van der Waals surface area (Å²) in [5.74, 6) is -0.214. The lowest BCUT2D eigenvalue weighted by Crippen LogP contribution is -2.30. The summed E-state index contributed by atoms with van der Waals surface area (Å²) in [4.78, 5) is 13.9. The Morgan fingerprint density at radius 1 is 1.25 bits per heavy atom. The fraction of sp³-hybridized carbons (Fsp3) is 0.211. The largest absolute Gasteiger partial charge is 0.391 e. The third-order valence-electron chi connectivity index (χ3n) is 3.36. The van der Waals surface area contributed by atoms with Crippen molar-refractivity contribution in [1.29, 1.82) is 0 Å². The van der Waals surface area contributed by atoms with Gasteiger partial charge >= 0.3 is 0 Å². The number of rotatable bonds is 7. The molecule has 0 saturated heterocycles. The molecule has 2 N–H and O–H groups in total. The second kappa shape index (κ2) is 9.52. The van der Waals surface area contributed by atoms with Gasteiger partial charge in [-0.15, -0.1) is 0 Å². The zero-order valence-electron chi connectivity index (χ0n) is 13.4. The van der Waals surface area contributed by atoms with Gasteiger partial charge in [0.05, 0.1) is 6.10 Å². The van der Waals surface area contributed by atoms with Crippen LogP contribution >= 0.6 is 23.4 Å². The van der Waals surface area contributed by atoms with Gasteiger partial charge in [0.1, 0.15) is 0 Å². The number of halogens is 1. The first kappa shape index (κ1) is 18.6. The number of carbonyl (C=O) groups excluding carboxylic acids is 1. The zero-order chi connectivity index (χ0) is 17.4. The lowest BCUT2D eigenvalue weighted by Gasteiger charge is -2.08. The van der Waals surface area contributed by atoms with E-state index in [4.69, 9.17) is 11.6 Å². The van der Waals surface area contributed by atoms with Gasteiger partial charge in [0.15, 0.2) is 0 Å². The van der Waals surface area contributed by atoms with E-state index in [1.54, 1.807) is 17.8 Å². The minimum absolute atomic E-state index is 0.214. The van der Waals surface area contributed by atoms with Crippen LogP contribution in [-0.2, 0) is 4.79 Å². The van der Waals surface area contributed by atoms with E-state index in [1.165, 1.54) is 6.08 Å². The molecule has 0 aliphatic heterocycles. The van der Waals surface area contributed by atoms with Crippen molar-refractivity contribution in [3.8, 4) is 0 Å². The highest BCUT2D eigenvalue weighted by Crippen LogP contribution is 2.31. The van der Waals surface area contributed by atoms with Gasteiger partial charge in [0, 0.05) is 27.4 Å². The van der Waals surface area contributed by atoms with Crippen molar-refractivity contribution < 1.29 is 9.90 Å². The van der Waals surface area contributed by atoms with Crippen LogP contribution in [0.1, 0.15) is 18.9 Å². The van der Waals surface area contributed by atoms with Crippen LogP contribution in [0.15, 0.2) is 64.4 Å². The quantitative estimate of drug-likeness (QED) is 0.719. The smallest absolute Gasteiger partial charge is 0.244 e. The van der Waals surface area contributed by atoms with E-state index in [1.807, 2.05) is 55.5 Å². The van der Waals surface area contributed by atoms with E-state index in [-0.39, 0.29) is 12.5 Å². The predicted octanol–water partition coefficient (Wildman–Crippen LogP) is 4.39. The Kier molecular flexibility index (Phi) is 7.37. The molecule has 0 fully saturated rings. The molecule has 1 amide bonds. The Morgan fingerprint density at radius 2 is 1.96 bits per heavy atom.